The van der Waals surface area contributed by atoms with Crippen molar-refractivity contribution in [3.8, 4) is 0 Å². The number of morpholine rings is 1. The summed E-state index contributed by atoms with van der Waals surface area (Å²) in [6, 6.07) is 0. The van der Waals surface area contributed by atoms with Crippen LogP contribution in [0.3, 0.4) is 0 Å². The number of H-pyrrole nitrogens is 1. The van der Waals surface area contributed by atoms with Crippen molar-refractivity contribution in [1.29, 1.82) is 0 Å². The van der Waals surface area contributed by atoms with Gasteiger partial charge in [-0.1, -0.05) is 5.16 Å². The molecule has 0 bridgehead atoms. The predicted octanol–water partition coefficient (Wildman–Crippen LogP) is 1.06. The highest BCUT2D eigenvalue weighted by Gasteiger charge is 2.30. The van der Waals surface area contributed by atoms with Crippen LogP contribution in [0.4, 0.5) is 0 Å². The molecule has 0 radical (unpaired) electrons. The lowest BCUT2D eigenvalue weighted by atomic mass is 10.2. The zero-order chi connectivity index (χ0) is 13.2. The lowest BCUT2D eigenvalue weighted by Crippen LogP contribution is -2.42. The molecule has 1 aliphatic rings. The Morgan fingerprint density at radius 3 is 3.05 bits per heavy atom. The van der Waals surface area contributed by atoms with Gasteiger partial charge >= 0.3 is 0 Å². The topological polar surface area (TPSA) is 80.1 Å². The number of aromatic amines is 1. The lowest BCUT2D eigenvalue weighted by Gasteiger charge is -2.34. The van der Waals surface area contributed by atoms with Gasteiger partial charge in [0.15, 0.2) is 5.82 Å². The Morgan fingerprint density at radius 2 is 2.37 bits per heavy atom. The van der Waals surface area contributed by atoms with Gasteiger partial charge in [-0.05, 0) is 13.8 Å². The molecule has 2 aromatic heterocycles. The van der Waals surface area contributed by atoms with Crippen LogP contribution >= 0.6 is 0 Å². The molecule has 19 heavy (non-hydrogen) atoms. The Hall–Kier alpha value is -1.73. The lowest BCUT2D eigenvalue weighted by molar-refractivity contribution is -0.0932. The molecule has 102 valence electrons. The molecule has 0 aromatic carbocycles. The van der Waals surface area contributed by atoms with E-state index in [0.29, 0.717) is 11.7 Å². The molecular weight excluding hydrogens is 246 g/mol. The Morgan fingerprint density at radius 1 is 1.47 bits per heavy atom. The molecule has 0 spiro atoms. The molecule has 1 saturated heterocycles. The Balaban J connectivity index is 1.70. The number of nitrogens with one attached hydrogen (secondary N) is 1. The molecule has 7 nitrogen and oxygen atoms in total. The normalized spacial score (nSPS) is 24.7. The molecule has 0 unspecified atom stereocenters. The van der Waals surface area contributed by atoms with E-state index in [-0.39, 0.29) is 12.2 Å². The third-order valence-electron chi connectivity index (χ3n) is 3.10. The quantitative estimate of drug-likeness (QED) is 0.892. The molecule has 1 fully saturated rings. The standard InChI is InChI=1S/C12H17N5O2/c1-8-4-17(5-10-3-13-7-14-10)6-11(18-8)12-15-9(2)16-19-12/h3,7-8,11H,4-6H2,1-2H3,(H,13,14)/t8-,11-/m1/s1. The SMILES string of the molecule is Cc1noc([C@H]2CN(Cc3cnc[nH]3)C[C@@H](C)O2)n1. The summed E-state index contributed by atoms with van der Waals surface area (Å²) < 4.78 is 11.1. The van der Waals surface area contributed by atoms with Crippen molar-refractivity contribution in [3.05, 3.63) is 29.9 Å². The maximum atomic E-state index is 5.87. The van der Waals surface area contributed by atoms with Crippen molar-refractivity contribution in [2.75, 3.05) is 13.1 Å². The highest BCUT2D eigenvalue weighted by molar-refractivity contribution is 4.97. The van der Waals surface area contributed by atoms with E-state index in [1.807, 2.05) is 13.1 Å². The second kappa shape index (κ2) is 5.10. The van der Waals surface area contributed by atoms with Crippen LogP contribution in [0.15, 0.2) is 17.0 Å². The van der Waals surface area contributed by atoms with Crippen LogP contribution in [0, 0.1) is 6.92 Å². The van der Waals surface area contributed by atoms with E-state index in [1.165, 1.54) is 0 Å². The van der Waals surface area contributed by atoms with Gasteiger partial charge in [-0.15, -0.1) is 0 Å². The van der Waals surface area contributed by atoms with E-state index < -0.39 is 0 Å². The molecule has 2 atom stereocenters. The van der Waals surface area contributed by atoms with Gasteiger partial charge in [-0.3, -0.25) is 4.90 Å². The maximum Gasteiger partial charge on any atom is 0.257 e. The second-order valence-electron chi connectivity index (χ2n) is 4.89. The van der Waals surface area contributed by atoms with Gasteiger partial charge in [0, 0.05) is 31.5 Å². The second-order valence-corrected chi connectivity index (χ2v) is 4.89. The van der Waals surface area contributed by atoms with E-state index in [0.717, 1.165) is 25.3 Å². The van der Waals surface area contributed by atoms with E-state index in [1.54, 1.807) is 6.33 Å². The van der Waals surface area contributed by atoms with E-state index in [4.69, 9.17) is 9.26 Å². The number of hydrogen-bond acceptors (Lipinski definition) is 6. The van der Waals surface area contributed by atoms with E-state index >= 15 is 0 Å². The van der Waals surface area contributed by atoms with Crippen LogP contribution in [-0.4, -0.2) is 44.2 Å². The Kier molecular flexibility index (Phi) is 3.31. The molecule has 1 N–H and O–H groups in total. The summed E-state index contributed by atoms with van der Waals surface area (Å²) in [7, 11) is 0. The minimum atomic E-state index is -0.159. The fourth-order valence-electron chi connectivity index (χ4n) is 2.36. The zero-order valence-corrected chi connectivity index (χ0v) is 11.0. The third kappa shape index (κ3) is 2.82. The van der Waals surface area contributed by atoms with Crippen molar-refractivity contribution in [2.24, 2.45) is 0 Å². The zero-order valence-electron chi connectivity index (χ0n) is 11.0. The average Bonchev–Trinajstić information content (AvgIpc) is 3.00. The fraction of sp³-hybridized carbons (Fsp3) is 0.583. The molecule has 1 aliphatic heterocycles. The highest BCUT2D eigenvalue weighted by Crippen LogP contribution is 2.24. The van der Waals surface area contributed by atoms with Gasteiger partial charge in [-0.2, -0.15) is 4.98 Å². The summed E-state index contributed by atoms with van der Waals surface area (Å²) >= 11 is 0. The highest BCUT2D eigenvalue weighted by atomic mass is 16.5. The van der Waals surface area contributed by atoms with Crippen LogP contribution in [0.1, 0.15) is 30.4 Å². The number of hydrogen-bond donors (Lipinski definition) is 1. The number of aromatic nitrogens is 4. The first-order valence-corrected chi connectivity index (χ1v) is 6.36. The molecular formula is C12H17N5O2. The van der Waals surface area contributed by atoms with Crippen molar-refractivity contribution in [3.63, 3.8) is 0 Å². The summed E-state index contributed by atoms with van der Waals surface area (Å²) in [4.78, 5) is 13.7. The van der Waals surface area contributed by atoms with Gasteiger partial charge in [0.1, 0.15) is 6.10 Å². The molecule has 0 aliphatic carbocycles. The van der Waals surface area contributed by atoms with Crippen molar-refractivity contribution < 1.29 is 9.26 Å². The van der Waals surface area contributed by atoms with Gasteiger partial charge in [0.25, 0.3) is 5.89 Å². The molecule has 7 heteroatoms. The van der Waals surface area contributed by atoms with Crippen LogP contribution in [-0.2, 0) is 11.3 Å². The van der Waals surface area contributed by atoms with Gasteiger partial charge in [0.05, 0.1) is 12.4 Å². The van der Waals surface area contributed by atoms with Gasteiger partial charge in [0.2, 0.25) is 0 Å². The van der Waals surface area contributed by atoms with Gasteiger partial charge < -0.3 is 14.2 Å². The molecule has 3 heterocycles. The van der Waals surface area contributed by atoms with Gasteiger partial charge in [-0.25, -0.2) is 4.98 Å². The monoisotopic (exact) mass is 263 g/mol. The summed E-state index contributed by atoms with van der Waals surface area (Å²) in [5, 5.41) is 3.82. The summed E-state index contributed by atoms with van der Waals surface area (Å²) in [5.74, 6) is 1.19. The summed E-state index contributed by atoms with van der Waals surface area (Å²) in [6.07, 6.45) is 3.51. The molecule has 0 amide bonds. The first kappa shape index (κ1) is 12.3. The number of imidazole rings is 1. The fourth-order valence-corrected chi connectivity index (χ4v) is 2.36. The van der Waals surface area contributed by atoms with Crippen molar-refractivity contribution in [2.45, 2.75) is 32.6 Å². The molecule has 2 aromatic rings. The minimum absolute atomic E-state index is 0.133. The average molecular weight is 263 g/mol. The molecule has 0 saturated carbocycles. The summed E-state index contributed by atoms with van der Waals surface area (Å²) in [5.41, 5.74) is 1.09. The largest absolute Gasteiger partial charge is 0.363 e. The van der Waals surface area contributed by atoms with Crippen LogP contribution < -0.4 is 0 Å². The minimum Gasteiger partial charge on any atom is -0.363 e. The number of aryl methyl sites for hydroxylation is 1. The maximum absolute atomic E-state index is 5.87. The Bertz CT molecular complexity index is 524. The molecule has 3 rings (SSSR count). The van der Waals surface area contributed by atoms with Crippen molar-refractivity contribution >= 4 is 0 Å². The first-order valence-electron chi connectivity index (χ1n) is 6.36. The summed E-state index contributed by atoms with van der Waals surface area (Å²) in [6.45, 7) is 6.29. The predicted molar refractivity (Wildman–Crippen MR) is 66.2 cm³/mol. The Labute approximate surface area is 111 Å². The first-order chi connectivity index (χ1) is 9.20. The van der Waals surface area contributed by atoms with Crippen LogP contribution in [0.25, 0.3) is 0 Å². The number of rotatable bonds is 3. The smallest absolute Gasteiger partial charge is 0.257 e. The van der Waals surface area contributed by atoms with E-state index in [9.17, 15) is 0 Å². The van der Waals surface area contributed by atoms with Crippen molar-refractivity contribution in [1.82, 2.24) is 25.0 Å². The van der Waals surface area contributed by atoms with Crippen LogP contribution in [0.5, 0.6) is 0 Å². The van der Waals surface area contributed by atoms with Crippen LogP contribution in [0.2, 0.25) is 0 Å². The number of ether oxygens (including phenoxy) is 1. The van der Waals surface area contributed by atoms with E-state index in [2.05, 4.69) is 31.9 Å². The number of nitrogens with zero attached hydrogens (tertiary/aromatic N) is 4. The third-order valence-corrected chi connectivity index (χ3v) is 3.10.